The maximum Gasteiger partial charge on any atom is 0.224 e. The number of carbonyl (C=O) groups is 1. The summed E-state index contributed by atoms with van der Waals surface area (Å²) < 4.78 is 0. The quantitative estimate of drug-likeness (QED) is 0.635. The van der Waals surface area contributed by atoms with E-state index in [9.17, 15) is 9.90 Å². The fourth-order valence-electron chi connectivity index (χ4n) is 2.40. The van der Waals surface area contributed by atoms with Crippen molar-refractivity contribution < 1.29 is 9.90 Å². The second-order valence-electron chi connectivity index (χ2n) is 5.47. The van der Waals surface area contributed by atoms with Crippen LogP contribution in [0.5, 0.6) is 5.75 Å². The topological polar surface area (TPSA) is 61.4 Å². The Labute approximate surface area is 128 Å². The summed E-state index contributed by atoms with van der Waals surface area (Å²) in [7, 11) is 0. The van der Waals surface area contributed by atoms with Crippen molar-refractivity contribution in [1.29, 1.82) is 0 Å². The third kappa shape index (κ3) is 5.38. The summed E-state index contributed by atoms with van der Waals surface area (Å²) in [5, 5.41) is 16.4. The van der Waals surface area contributed by atoms with Crippen molar-refractivity contribution in [3.63, 3.8) is 0 Å². The predicted octanol–water partition coefficient (Wildman–Crippen LogP) is 3.97. The van der Waals surface area contributed by atoms with Crippen molar-refractivity contribution in [3.8, 4) is 5.75 Å². The van der Waals surface area contributed by atoms with Gasteiger partial charge in [0.2, 0.25) is 5.91 Å². The van der Waals surface area contributed by atoms with Crippen LogP contribution in [0.1, 0.15) is 65.0 Å². The minimum Gasteiger partial charge on any atom is -0.508 e. The van der Waals surface area contributed by atoms with Crippen LogP contribution in [0, 0.1) is 0 Å². The van der Waals surface area contributed by atoms with E-state index in [2.05, 4.69) is 24.5 Å². The van der Waals surface area contributed by atoms with Crippen molar-refractivity contribution in [2.24, 2.45) is 0 Å². The van der Waals surface area contributed by atoms with E-state index in [-0.39, 0.29) is 17.7 Å². The Morgan fingerprint density at radius 3 is 2.48 bits per heavy atom. The van der Waals surface area contributed by atoms with Crippen LogP contribution in [0.4, 0.5) is 5.69 Å². The number of benzene rings is 1. The first-order chi connectivity index (χ1) is 10.0. The number of amides is 1. The van der Waals surface area contributed by atoms with Crippen LogP contribution >= 0.6 is 0 Å². The van der Waals surface area contributed by atoms with Gasteiger partial charge in [-0.15, -0.1) is 0 Å². The normalized spacial score (nSPS) is 12.4. The van der Waals surface area contributed by atoms with Crippen LogP contribution in [0.3, 0.4) is 0 Å². The molecule has 0 aliphatic heterocycles. The van der Waals surface area contributed by atoms with E-state index < -0.39 is 0 Å². The lowest BCUT2D eigenvalue weighted by molar-refractivity contribution is -0.116. The van der Waals surface area contributed by atoms with Gasteiger partial charge >= 0.3 is 0 Å². The maximum atomic E-state index is 11.7. The summed E-state index contributed by atoms with van der Waals surface area (Å²) in [6, 6.07) is 5.69. The molecule has 0 saturated carbocycles. The number of carbonyl (C=O) groups excluding carboxylic acids is 1. The highest BCUT2D eigenvalue weighted by molar-refractivity contribution is 5.90. The molecule has 21 heavy (non-hydrogen) atoms. The minimum atomic E-state index is 0.00902. The Kier molecular flexibility index (Phi) is 7.23. The molecular formula is C17H28N2O2. The van der Waals surface area contributed by atoms with Gasteiger partial charge in [0.15, 0.2) is 0 Å². The Hall–Kier alpha value is -1.55. The summed E-state index contributed by atoms with van der Waals surface area (Å²) in [6.07, 6.45) is 3.43. The van der Waals surface area contributed by atoms with Crippen LogP contribution in [0.15, 0.2) is 18.2 Å². The van der Waals surface area contributed by atoms with E-state index in [1.165, 1.54) is 0 Å². The minimum absolute atomic E-state index is 0.00902. The molecule has 0 aromatic heterocycles. The molecule has 1 atom stereocenters. The van der Waals surface area contributed by atoms with Crippen LogP contribution in [0.25, 0.3) is 0 Å². The van der Waals surface area contributed by atoms with Gasteiger partial charge in [-0.1, -0.05) is 20.8 Å². The van der Waals surface area contributed by atoms with Crippen LogP contribution in [-0.2, 0) is 4.79 Å². The number of anilines is 1. The van der Waals surface area contributed by atoms with Crippen LogP contribution in [0.2, 0.25) is 0 Å². The number of rotatable bonds is 8. The van der Waals surface area contributed by atoms with Crippen molar-refractivity contribution in [3.05, 3.63) is 23.8 Å². The third-order valence-corrected chi connectivity index (χ3v) is 3.73. The van der Waals surface area contributed by atoms with E-state index >= 15 is 0 Å². The van der Waals surface area contributed by atoms with E-state index in [0.29, 0.717) is 12.5 Å². The van der Waals surface area contributed by atoms with Gasteiger partial charge in [0, 0.05) is 29.8 Å². The lowest BCUT2D eigenvalue weighted by atomic mass is 10.0. The molecule has 0 fully saturated rings. The number of phenolic OH excluding ortho intramolecular Hbond substituents is 1. The van der Waals surface area contributed by atoms with E-state index in [4.69, 9.17) is 0 Å². The second-order valence-corrected chi connectivity index (χ2v) is 5.47. The first-order valence-corrected chi connectivity index (χ1v) is 7.90. The van der Waals surface area contributed by atoms with Gasteiger partial charge in [-0.25, -0.2) is 0 Å². The van der Waals surface area contributed by atoms with Gasteiger partial charge in [-0.2, -0.15) is 0 Å². The number of nitrogens with one attached hydrogen (secondary N) is 2. The lowest BCUT2D eigenvalue weighted by Gasteiger charge is -2.22. The van der Waals surface area contributed by atoms with Gasteiger partial charge in [0.05, 0.1) is 0 Å². The standard InChI is InChI=1S/C17H28N2O2/c1-5-8-17(21)19-14-9-10-16(20)15(11-14)12(4)18-13(6-2)7-3/h9-13,18,20H,5-8H2,1-4H3,(H,19,21). The molecule has 0 aliphatic carbocycles. The number of hydrogen-bond donors (Lipinski definition) is 3. The number of hydrogen-bond acceptors (Lipinski definition) is 3. The smallest absolute Gasteiger partial charge is 0.224 e. The van der Waals surface area contributed by atoms with Gasteiger partial charge < -0.3 is 15.7 Å². The SMILES string of the molecule is CCCC(=O)Nc1ccc(O)c(C(C)NC(CC)CC)c1. The highest BCUT2D eigenvalue weighted by atomic mass is 16.3. The van der Waals surface area contributed by atoms with Crippen molar-refractivity contribution in [2.45, 2.75) is 65.5 Å². The van der Waals surface area contributed by atoms with E-state index in [1.807, 2.05) is 19.9 Å². The lowest BCUT2D eigenvalue weighted by Crippen LogP contribution is -2.30. The summed E-state index contributed by atoms with van der Waals surface area (Å²) in [6.45, 7) is 8.30. The van der Waals surface area contributed by atoms with Gasteiger partial charge in [-0.05, 0) is 44.4 Å². The monoisotopic (exact) mass is 292 g/mol. The predicted molar refractivity (Wildman–Crippen MR) is 87.6 cm³/mol. The molecule has 0 aliphatic rings. The average molecular weight is 292 g/mol. The summed E-state index contributed by atoms with van der Waals surface area (Å²) in [5.41, 5.74) is 1.55. The van der Waals surface area contributed by atoms with Crippen molar-refractivity contribution >= 4 is 11.6 Å². The molecule has 0 spiro atoms. The van der Waals surface area contributed by atoms with Crippen LogP contribution in [-0.4, -0.2) is 17.1 Å². The Morgan fingerprint density at radius 2 is 1.90 bits per heavy atom. The molecule has 1 rings (SSSR count). The Bertz CT molecular complexity index is 456. The van der Waals surface area contributed by atoms with Crippen molar-refractivity contribution in [1.82, 2.24) is 5.32 Å². The van der Waals surface area contributed by atoms with Crippen LogP contribution < -0.4 is 10.6 Å². The average Bonchev–Trinajstić information content (AvgIpc) is 2.46. The largest absolute Gasteiger partial charge is 0.508 e. The molecule has 4 heteroatoms. The highest BCUT2D eigenvalue weighted by Gasteiger charge is 2.15. The molecule has 3 N–H and O–H groups in total. The zero-order valence-electron chi connectivity index (χ0n) is 13.6. The first kappa shape index (κ1) is 17.5. The fourth-order valence-corrected chi connectivity index (χ4v) is 2.40. The van der Waals surface area contributed by atoms with E-state index in [1.54, 1.807) is 12.1 Å². The van der Waals surface area contributed by atoms with E-state index in [0.717, 1.165) is 30.5 Å². The van der Waals surface area contributed by atoms with Crippen molar-refractivity contribution in [2.75, 3.05) is 5.32 Å². The highest BCUT2D eigenvalue weighted by Crippen LogP contribution is 2.28. The first-order valence-electron chi connectivity index (χ1n) is 7.90. The molecule has 0 bridgehead atoms. The number of aromatic hydroxyl groups is 1. The molecular weight excluding hydrogens is 264 g/mol. The molecule has 4 nitrogen and oxygen atoms in total. The zero-order valence-corrected chi connectivity index (χ0v) is 13.6. The molecule has 1 amide bonds. The second kappa shape index (κ2) is 8.67. The Morgan fingerprint density at radius 1 is 1.24 bits per heavy atom. The zero-order chi connectivity index (χ0) is 15.8. The summed E-state index contributed by atoms with van der Waals surface area (Å²) >= 11 is 0. The summed E-state index contributed by atoms with van der Waals surface area (Å²) in [4.78, 5) is 11.7. The maximum absolute atomic E-state index is 11.7. The summed E-state index contributed by atoms with van der Waals surface area (Å²) in [5.74, 6) is 0.268. The van der Waals surface area contributed by atoms with Gasteiger partial charge in [0.25, 0.3) is 0 Å². The number of phenols is 1. The molecule has 1 aromatic carbocycles. The molecule has 0 heterocycles. The fraction of sp³-hybridized carbons (Fsp3) is 0.588. The molecule has 1 unspecified atom stereocenters. The third-order valence-electron chi connectivity index (χ3n) is 3.73. The Balaban J connectivity index is 2.83. The molecule has 1 aromatic rings. The molecule has 118 valence electrons. The molecule has 0 radical (unpaired) electrons. The molecule has 0 saturated heterocycles. The van der Waals surface area contributed by atoms with Gasteiger partial charge in [-0.3, -0.25) is 4.79 Å². The van der Waals surface area contributed by atoms with Gasteiger partial charge in [0.1, 0.15) is 5.75 Å².